The van der Waals surface area contributed by atoms with Gasteiger partial charge >= 0.3 is 0 Å². The summed E-state index contributed by atoms with van der Waals surface area (Å²) in [5.74, 6) is 0.235. The number of benzene rings is 2. The molecule has 1 N–H and O–H groups in total. The molecule has 158 valence electrons. The number of amides is 1. The molecule has 2 aromatic carbocycles. The number of hydrogen-bond acceptors (Lipinski definition) is 4. The number of hydrogen-bond donors (Lipinski definition) is 1. The summed E-state index contributed by atoms with van der Waals surface area (Å²) in [4.78, 5) is 14.1. The molecule has 0 spiro atoms. The summed E-state index contributed by atoms with van der Waals surface area (Å²) < 4.78 is 11.8. The molecule has 0 saturated carbocycles. The summed E-state index contributed by atoms with van der Waals surface area (Å²) in [5, 5.41) is 8.97. The normalized spacial score (nSPS) is 19.5. The maximum Gasteiger partial charge on any atom is 0.288 e. The third kappa shape index (κ3) is 4.27. The Labute approximate surface area is 177 Å². The van der Waals surface area contributed by atoms with E-state index in [1.807, 2.05) is 6.08 Å². The molecule has 0 bridgehead atoms. The average molecular weight is 408 g/mol. The lowest BCUT2D eigenvalue weighted by Crippen LogP contribution is -2.32. The van der Waals surface area contributed by atoms with E-state index in [-0.39, 0.29) is 18.4 Å². The Morgan fingerprint density at radius 2 is 1.93 bits per heavy atom. The van der Waals surface area contributed by atoms with E-state index in [9.17, 15) is 4.79 Å². The fourth-order valence-corrected chi connectivity index (χ4v) is 4.19. The Kier molecular flexibility index (Phi) is 6.21. The predicted molar refractivity (Wildman–Crippen MR) is 116 cm³/mol. The van der Waals surface area contributed by atoms with Crippen molar-refractivity contribution in [3.05, 3.63) is 71.0 Å². The number of allylic oxidation sites excluding steroid dienone is 1. The molecule has 0 radical (unpaired) electrons. The van der Waals surface area contributed by atoms with Crippen LogP contribution in [0.25, 0.3) is 11.1 Å². The summed E-state index contributed by atoms with van der Waals surface area (Å²) in [7, 11) is 3.44. The summed E-state index contributed by atoms with van der Waals surface area (Å²) in [6.45, 7) is 0.653. The highest BCUT2D eigenvalue weighted by molar-refractivity contribution is 5.91. The monoisotopic (exact) mass is 407 g/mol. The van der Waals surface area contributed by atoms with Crippen LogP contribution in [0.2, 0.25) is 0 Å². The van der Waals surface area contributed by atoms with Crippen molar-refractivity contribution in [3.63, 3.8) is 0 Å². The Bertz CT molecular complexity index is 950. The number of nitrogens with zero attached hydrogens (tertiary/aromatic N) is 1. The van der Waals surface area contributed by atoms with Gasteiger partial charge in [0.25, 0.3) is 5.91 Å². The van der Waals surface area contributed by atoms with Gasteiger partial charge in [-0.2, -0.15) is 0 Å². The van der Waals surface area contributed by atoms with Gasteiger partial charge in [0.2, 0.25) is 6.29 Å². The summed E-state index contributed by atoms with van der Waals surface area (Å²) in [5.41, 5.74) is 6.48. The van der Waals surface area contributed by atoms with E-state index in [1.165, 1.54) is 32.7 Å². The first kappa shape index (κ1) is 20.6. The van der Waals surface area contributed by atoms with E-state index in [2.05, 4.69) is 42.5 Å². The van der Waals surface area contributed by atoms with Gasteiger partial charge in [0.1, 0.15) is 0 Å². The molecular weight excluding hydrogens is 378 g/mol. The zero-order valence-corrected chi connectivity index (χ0v) is 17.6. The minimum Gasteiger partial charge on any atom is -0.459 e. The molecule has 0 unspecified atom stereocenters. The van der Waals surface area contributed by atoms with Crippen LogP contribution < -0.4 is 0 Å². The van der Waals surface area contributed by atoms with Crippen molar-refractivity contribution in [2.24, 2.45) is 0 Å². The predicted octanol–water partition coefficient (Wildman–Crippen LogP) is 3.85. The van der Waals surface area contributed by atoms with E-state index in [0.29, 0.717) is 25.2 Å². The topological polar surface area (TPSA) is 59.0 Å². The summed E-state index contributed by atoms with van der Waals surface area (Å²) >= 11 is 0. The van der Waals surface area contributed by atoms with Crippen LogP contribution in [-0.2, 0) is 20.7 Å². The Hall–Kier alpha value is -2.63. The number of unbranched alkanes of at least 4 members (excludes halogenated alkanes) is 1. The molecule has 1 heterocycles. The van der Waals surface area contributed by atoms with Crippen LogP contribution in [-0.4, -0.2) is 49.5 Å². The van der Waals surface area contributed by atoms with Crippen LogP contribution in [0.5, 0.6) is 0 Å². The smallest absolute Gasteiger partial charge is 0.288 e. The van der Waals surface area contributed by atoms with Gasteiger partial charge < -0.3 is 19.5 Å². The third-order valence-electron chi connectivity index (χ3n) is 5.78. The highest BCUT2D eigenvalue weighted by atomic mass is 16.7. The van der Waals surface area contributed by atoms with E-state index >= 15 is 0 Å². The maximum absolute atomic E-state index is 12.6. The second kappa shape index (κ2) is 9.02. The number of carbonyl (C=O) groups is 1. The Balaban J connectivity index is 1.57. The van der Waals surface area contributed by atoms with Gasteiger partial charge in [0.05, 0.1) is 6.61 Å². The highest BCUT2D eigenvalue weighted by Gasteiger charge is 2.30. The number of likely N-dealkylation sites (N-methyl/N-ethyl adjacent to an activating group) is 1. The van der Waals surface area contributed by atoms with Gasteiger partial charge in [-0.25, -0.2) is 0 Å². The molecule has 1 aliphatic carbocycles. The molecule has 1 aliphatic heterocycles. The van der Waals surface area contributed by atoms with Gasteiger partial charge in [-0.1, -0.05) is 42.5 Å². The largest absolute Gasteiger partial charge is 0.459 e. The molecule has 4 rings (SSSR count). The molecule has 1 amide bonds. The van der Waals surface area contributed by atoms with Crippen LogP contribution in [0, 0.1) is 0 Å². The molecule has 2 aromatic rings. The number of rotatable bonds is 7. The second-order valence-corrected chi connectivity index (χ2v) is 8.17. The quantitative estimate of drug-likeness (QED) is 0.605. The second-order valence-electron chi connectivity index (χ2n) is 8.17. The zero-order chi connectivity index (χ0) is 21.1. The average Bonchev–Trinajstić information content (AvgIpc) is 3.13. The number of fused-ring (bicyclic) bond motifs is 3. The van der Waals surface area contributed by atoms with E-state index in [1.54, 1.807) is 14.1 Å². The van der Waals surface area contributed by atoms with Gasteiger partial charge in [0, 0.05) is 33.0 Å². The number of ether oxygens (including phenoxy) is 2. The number of aliphatic hydroxyl groups excluding tert-OH is 1. The molecule has 0 saturated heterocycles. The van der Waals surface area contributed by atoms with Crippen LogP contribution in [0.15, 0.2) is 54.3 Å². The van der Waals surface area contributed by atoms with Crippen molar-refractivity contribution in [2.45, 2.75) is 37.9 Å². The van der Waals surface area contributed by atoms with Crippen molar-refractivity contribution < 1.29 is 19.4 Å². The maximum atomic E-state index is 12.6. The van der Waals surface area contributed by atoms with Gasteiger partial charge in [0.15, 0.2) is 5.76 Å². The highest BCUT2D eigenvalue weighted by Crippen LogP contribution is 2.39. The lowest BCUT2D eigenvalue weighted by molar-refractivity contribution is -0.151. The molecule has 5 nitrogen and oxygen atoms in total. The molecule has 0 aromatic heterocycles. The SMILES string of the molecule is CN(C)C(=O)C1=C[C@H](c2ccc3c(c2)Cc2ccccc2-3)C[C@H](OCCCCO)O1. The molecule has 5 heteroatoms. The van der Waals surface area contributed by atoms with Crippen molar-refractivity contribution >= 4 is 5.91 Å². The molecule has 2 aliphatic rings. The van der Waals surface area contributed by atoms with Crippen molar-refractivity contribution in [1.82, 2.24) is 4.90 Å². The van der Waals surface area contributed by atoms with E-state index in [4.69, 9.17) is 14.6 Å². The summed E-state index contributed by atoms with van der Waals surface area (Å²) in [6.07, 6.45) is 4.52. The molecular formula is C25H29NO4. The minimum atomic E-state index is -0.469. The fourth-order valence-electron chi connectivity index (χ4n) is 4.19. The molecule has 30 heavy (non-hydrogen) atoms. The fraction of sp³-hybridized carbons (Fsp3) is 0.400. The van der Waals surface area contributed by atoms with Crippen LogP contribution in [0.4, 0.5) is 0 Å². The molecule has 0 fully saturated rings. The van der Waals surface area contributed by atoms with E-state index < -0.39 is 6.29 Å². The van der Waals surface area contributed by atoms with Gasteiger partial charge in [-0.3, -0.25) is 4.79 Å². The van der Waals surface area contributed by atoms with Crippen molar-refractivity contribution in [2.75, 3.05) is 27.3 Å². The third-order valence-corrected chi connectivity index (χ3v) is 5.78. The first-order chi connectivity index (χ1) is 14.6. The van der Waals surface area contributed by atoms with Gasteiger partial charge in [-0.05, 0) is 53.2 Å². The molecule has 2 atom stereocenters. The standard InChI is InChI=1S/C25H29NO4/c1-26(2)25(28)23-15-19(16-24(30-23)29-12-6-5-11-27)17-9-10-22-20(13-17)14-18-7-3-4-8-21(18)22/h3-4,7-10,13,15,19,24,27H,5-6,11-12,14,16H2,1-2H3/t19-,24+/m0/s1. The van der Waals surface area contributed by atoms with Crippen LogP contribution in [0.3, 0.4) is 0 Å². The first-order valence-corrected chi connectivity index (χ1v) is 10.6. The van der Waals surface area contributed by atoms with E-state index in [0.717, 1.165) is 12.8 Å². The van der Waals surface area contributed by atoms with Crippen molar-refractivity contribution in [1.29, 1.82) is 0 Å². The Morgan fingerprint density at radius 3 is 2.73 bits per heavy atom. The first-order valence-electron chi connectivity index (χ1n) is 10.6. The zero-order valence-electron chi connectivity index (χ0n) is 17.6. The van der Waals surface area contributed by atoms with Crippen molar-refractivity contribution in [3.8, 4) is 11.1 Å². The lowest BCUT2D eigenvalue weighted by atomic mass is 9.90. The summed E-state index contributed by atoms with van der Waals surface area (Å²) in [6, 6.07) is 15.2. The lowest BCUT2D eigenvalue weighted by Gasteiger charge is -2.30. The number of carbonyl (C=O) groups excluding carboxylic acids is 1. The van der Waals surface area contributed by atoms with Crippen LogP contribution >= 0.6 is 0 Å². The Morgan fingerprint density at radius 1 is 1.13 bits per heavy atom. The van der Waals surface area contributed by atoms with Crippen LogP contribution in [0.1, 0.15) is 41.9 Å². The minimum absolute atomic E-state index is 0.0505. The number of aliphatic hydroxyl groups is 1. The van der Waals surface area contributed by atoms with Gasteiger partial charge in [-0.15, -0.1) is 0 Å².